The number of amides is 1. The first-order valence-electron chi connectivity index (χ1n) is 9.33. The number of benzene rings is 3. The summed E-state index contributed by atoms with van der Waals surface area (Å²) in [5, 5.41) is 0. The zero-order valence-electron chi connectivity index (χ0n) is 16.2. The maximum Gasteiger partial charge on any atom is 0.229 e. The Morgan fingerprint density at radius 1 is 0.867 bits per heavy atom. The van der Waals surface area contributed by atoms with E-state index in [1.165, 1.54) is 24.0 Å². The Labute approximate surface area is 173 Å². The number of halogens is 1. The third kappa shape index (κ3) is 4.33. The molecule has 1 aromatic heterocycles. The largest absolute Gasteiger partial charge is 0.457 e. The van der Waals surface area contributed by atoms with Gasteiger partial charge in [-0.3, -0.25) is 9.69 Å². The van der Waals surface area contributed by atoms with Gasteiger partial charge in [-0.2, -0.15) is 0 Å². The number of ether oxygens (including phenoxy) is 1. The van der Waals surface area contributed by atoms with Crippen molar-refractivity contribution in [3.05, 3.63) is 96.9 Å². The molecule has 0 unspecified atom stereocenters. The summed E-state index contributed by atoms with van der Waals surface area (Å²) in [5.74, 6) is 1.60. The first kappa shape index (κ1) is 19.3. The monoisotopic (exact) mass is 399 g/mol. The maximum absolute atomic E-state index is 13.0. The number of carbonyl (C=O) groups excluding carboxylic acids is 1. The maximum atomic E-state index is 13.0. The lowest BCUT2D eigenvalue weighted by Crippen LogP contribution is -2.23. The molecule has 0 aliphatic rings. The van der Waals surface area contributed by atoms with Crippen molar-refractivity contribution in [1.82, 2.24) is 9.97 Å². The van der Waals surface area contributed by atoms with Gasteiger partial charge in [-0.15, -0.1) is 0 Å². The van der Waals surface area contributed by atoms with Gasteiger partial charge in [0.05, 0.1) is 5.69 Å². The van der Waals surface area contributed by atoms with Crippen LogP contribution in [0.15, 0.2) is 91.1 Å². The van der Waals surface area contributed by atoms with Crippen LogP contribution in [-0.4, -0.2) is 15.9 Å². The fourth-order valence-corrected chi connectivity index (χ4v) is 2.98. The van der Waals surface area contributed by atoms with Gasteiger partial charge in [-0.05, 0) is 54.6 Å². The summed E-state index contributed by atoms with van der Waals surface area (Å²) in [5.41, 5.74) is 1.51. The second-order valence-corrected chi connectivity index (χ2v) is 6.51. The number of aromatic nitrogens is 2. The normalized spacial score (nSPS) is 10.5. The van der Waals surface area contributed by atoms with Gasteiger partial charge in [0.2, 0.25) is 5.91 Å². The molecular weight excluding hydrogens is 381 g/mol. The molecule has 3 aromatic carbocycles. The van der Waals surface area contributed by atoms with Crippen LogP contribution in [0.1, 0.15) is 6.92 Å². The first-order chi connectivity index (χ1) is 14.6. The van der Waals surface area contributed by atoms with Crippen molar-refractivity contribution in [1.29, 1.82) is 0 Å². The van der Waals surface area contributed by atoms with E-state index >= 15 is 0 Å². The summed E-state index contributed by atoms with van der Waals surface area (Å²) in [7, 11) is 0. The van der Waals surface area contributed by atoms with E-state index < -0.39 is 0 Å². The van der Waals surface area contributed by atoms with Gasteiger partial charge in [-0.25, -0.2) is 14.4 Å². The fourth-order valence-electron chi connectivity index (χ4n) is 2.98. The van der Waals surface area contributed by atoms with E-state index in [4.69, 9.17) is 4.74 Å². The summed E-state index contributed by atoms with van der Waals surface area (Å²) in [6.07, 6.45) is 1.63. The van der Waals surface area contributed by atoms with E-state index in [1.54, 1.807) is 48.7 Å². The van der Waals surface area contributed by atoms with Crippen LogP contribution in [0, 0.1) is 5.82 Å². The zero-order valence-corrected chi connectivity index (χ0v) is 16.2. The van der Waals surface area contributed by atoms with Crippen LogP contribution in [0.4, 0.5) is 15.9 Å². The van der Waals surface area contributed by atoms with E-state index in [0.29, 0.717) is 28.8 Å². The van der Waals surface area contributed by atoms with Crippen LogP contribution >= 0.6 is 0 Å². The van der Waals surface area contributed by atoms with Crippen LogP contribution in [0.5, 0.6) is 11.5 Å². The van der Waals surface area contributed by atoms with Crippen LogP contribution in [0.3, 0.4) is 0 Å². The zero-order chi connectivity index (χ0) is 20.9. The Morgan fingerprint density at radius 2 is 1.50 bits per heavy atom. The summed E-state index contributed by atoms with van der Waals surface area (Å²) in [6.45, 7) is 1.48. The predicted octanol–water partition coefficient (Wildman–Crippen LogP) is 5.76. The molecule has 4 rings (SSSR count). The molecule has 1 amide bonds. The molecule has 0 saturated heterocycles. The molecule has 5 nitrogen and oxygen atoms in total. The molecular formula is C24H18FN3O2. The smallest absolute Gasteiger partial charge is 0.229 e. The molecule has 1 heterocycles. The summed E-state index contributed by atoms with van der Waals surface area (Å²) in [4.78, 5) is 22.8. The fraction of sp³-hybridized carbons (Fsp3) is 0.0417. The van der Waals surface area contributed by atoms with Crippen molar-refractivity contribution in [2.24, 2.45) is 0 Å². The van der Waals surface area contributed by atoms with Crippen molar-refractivity contribution < 1.29 is 13.9 Å². The molecule has 4 aromatic rings. The molecule has 148 valence electrons. The summed E-state index contributed by atoms with van der Waals surface area (Å²) < 4.78 is 18.8. The number of hydrogen-bond acceptors (Lipinski definition) is 4. The van der Waals surface area contributed by atoms with Crippen LogP contribution in [0.25, 0.3) is 11.4 Å². The van der Waals surface area contributed by atoms with Gasteiger partial charge in [0.1, 0.15) is 23.1 Å². The second-order valence-electron chi connectivity index (χ2n) is 6.51. The SMILES string of the molecule is CC(=O)N(c1ccc(Oc2ccc(F)cc2)cc1)c1ccnc(-c2ccccc2)n1. The average Bonchev–Trinajstić information content (AvgIpc) is 2.77. The van der Waals surface area contributed by atoms with Gasteiger partial charge >= 0.3 is 0 Å². The third-order valence-electron chi connectivity index (χ3n) is 4.36. The second kappa shape index (κ2) is 8.53. The van der Waals surface area contributed by atoms with Crippen LogP contribution < -0.4 is 9.64 Å². The number of rotatable bonds is 5. The lowest BCUT2D eigenvalue weighted by atomic mass is 10.2. The van der Waals surface area contributed by atoms with E-state index in [-0.39, 0.29) is 11.7 Å². The Balaban J connectivity index is 1.60. The molecule has 0 spiro atoms. The van der Waals surface area contributed by atoms with Crippen molar-refractivity contribution in [3.8, 4) is 22.9 Å². The van der Waals surface area contributed by atoms with Crippen molar-refractivity contribution in [2.75, 3.05) is 4.90 Å². The summed E-state index contributed by atoms with van der Waals surface area (Å²) in [6, 6.07) is 24.1. The Bertz CT molecular complexity index is 1150. The molecule has 0 atom stereocenters. The average molecular weight is 399 g/mol. The Morgan fingerprint density at radius 3 is 2.13 bits per heavy atom. The van der Waals surface area contributed by atoms with E-state index in [2.05, 4.69) is 9.97 Å². The van der Waals surface area contributed by atoms with Gasteiger partial charge < -0.3 is 4.74 Å². The molecule has 0 saturated carbocycles. The van der Waals surface area contributed by atoms with Gasteiger partial charge in [0.15, 0.2) is 5.82 Å². The third-order valence-corrected chi connectivity index (χ3v) is 4.36. The quantitative estimate of drug-likeness (QED) is 0.428. The molecule has 0 fully saturated rings. The highest BCUT2D eigenvalue weighted by Gasteiger charge is 2.17. The Kier molecular flexibility index (Phi) is 5.48. The lowest BCUT2D eigenvalue weighted by Gasteiger charge is -2.21. The van der Waals surface area contributed by atoms with E-state index in [0.717, 1.165) is 5.56 Å². The standard InChI is InChI=1S/C24H18FN3O2/c1-17(29)28(23-15-16-26-24(27-23)18-5-3-2-4-6-18)20-9-13-22(14-10-20)30-21-11-7-19(25)8-12-21/h2-16H,1H3. The predicted molar refractivity (Wildman–Crippen MR) is 113 cm³/mol. The van der Waals surface area contributed by atoms with E-state index in [9.17, 15) is 9.18 Å². The van der Waals surface area contributed by atoms with Crippen molar-refractivity contribution >= 4 is 17.4 Å². The minimum absolute atomic E-state index is 0.181. The first-order valence-corrected chi connectivity index (χ1v) is 9.33. The van der Waals surface area contributed by atoms with Gasteiger partial charge in [0, 0.05) is 18.7 Å². The highest BCUT2D eigenvalue weighted by molar-refractivity contribution is 5.98. The van der Waals surface area contributed by atoms with E-state index in [1.807, 2.05) is 30.3 Å². The highest BCUT2D eigenvalue weighted by atomic mass is 19.1. The Hall–Kier alpha value is -4.06. The molecule has 30 heavy (non-hydrogen) atoms. The summed E-state index contributed by atoms with van der Waals surface area (Å²) >= 11 is 0. The number of nitrogens with zero attached hydrogens (tertiary/aromatic N) is 3. The lowest BCUT2D eigenvalue weighted by molar-refractivity contribution is -0.115. The molecule has 0 aliphatic heterocycles. The number of anilines is 2. The molecule has 0 aliphatic carbocycles. The minimum atomic E-state index is -0.325. The highest BCUT2D eigenvalue weighted by Crippen LogP contribution is 2.29. The van der Waals surface area contributed by atoms with Crippen LogP contribution in [-0.2, 0) is 4.79 Å². The van der Waals surface area contributed by atoms with Crippen LogP contribution in [0.2, 0.25) is 0 Å². The van der Waals surface area contributed by atoms with Gasteiger partial charge in [-0.1, -0.05) is 30.3 Å². The molecule has 0 radical (unpaired) electrons. The molecule has 0 bridgehead atoms. The molecule has 0 N–H and O–H groups in total. The number of hydrogen-bond donors (Lipinski definition) is 0. The van der Waals surface area contributed by atoms with Crippen molar-refractivity contribution in [3.63, 3.8) is 0 Å². The number of carbonyl (C=O) groups is 1. The van der Waals surface area contributed by atoms with Gasteiger partial charge in [0.25, 0.3) is 0 Å². The molecule has 6 heteroatoms. The van der Waals surface area contributed by atoms with Crippen molar-refractivity contribution in [2.45, 2.75) is 6.92 Å². The topological polar surface area (TPSA) is 55.3 Å². The minimum Gasteiger partial charge on any atom is -0.457 e.